The van der Waals surface area contributed by atoms with Gasteiger partial charge in [0.1, 0.15) is 11.5 Å². The molecule has 6 nitrogen and oxygen atoms in total. The molecule has 2 aromatic carbocycles. The van der Waals surface area contributed by atoms with Gasteiger partial charge in [0.25, 0.3) is 5.91 Å². The smallest absolute Gasteiger partial charge is 0.335 e. The Morgan fingerprint density at radius 2 is 1.79 bits per heavy atom. The molecule has 3 aromatic rings. The van der Waals surface area contributed by atoms with E-state index in [1.54, 1.807) is 24.3 Å². The van der Waals surface area contributed by atoms with E-state index in [1.165, 1.54) is 23.9 Å². The van der Waals surface area contributed by atoms with E-state index in [4.69, 9.17) is 9.52 Å². The monoisotopic (exact) mass is 468 g/mol. The SMILES string of the molecule is O=C1NC(=Nc2ccc(C(=O)O)cc2)S/C1=C\c1ccc(-c2ccc(Br)cc2)o1. The van der Waals surface area contributed by atoms with E-state index in [0.29, 0.717) is 27.3 Å². The summed E-state index contributed by atoms with van der Waals surface area (Å²) in [5, 5.41) is 12.1. The number of thioether (sulfide) groups is 1. The molecule has 1 saturated heterocycles. The van der Waals surface area contributed by atoms with Crippen LogP contribution in [0.4, 0.5) is 5.69 Å². The third-order valence-electron chi connectivity index (χ3n) is 4.02. The maximum atomic E-state index is 12.2. The summed E-state index contributed by atoms with van der Waals surface area (Å²) in [6, 6.07) is 17.5. The molecule has 1 aliphatic rings. The fourth-order valence-corrected chi connectivity index (χ4v) is 3.69. The van der Waals surface area contributed by atoms with Gasteiger partial charge < -0.3 is 14.8 Å². The van der Waals surface area contributed by atoms with Crippen LogP contribution in [0.3, 0.4) is 0 Å². The van der Waals surface area contributed by atoms with Crippen LogP contribution in [0.15, 0.2) is 79.5 Å². The quantitative estimate of drug-likeness (QED) is 0.506. The number of amidine groups is 1. The minimum absolute atomic E-state index is 0.178. The van der Waals surface area contributed by atoms with Gasteiger partial charge in [0.05, 0.1) is 16.2 Å². The number of carboxylic acid groups (broad SMARTS) is 1. The highest BCUT2D eigenvalue weighted by Gasteiger charge is 2.24. The van der Waals surface area contributed by atoms with Crippen molar-refractivity contribution in [3.05, 3.63) is 81.4 Å². The Morgan fingerprint density at radius 1 is 1.07 bits per heavy atom. The number of furan rings is 1. The third kappa shape index (κ3) is 4.49. The number of aliphatic imine (C=N–C) groups is 1. The molecular formula is C21H13BrN2O4S. The fourth-order valence-electron chi connectivity index (χ4n) is 2.61. The number of rotatable bonds is 4. The normalized spacial score (nSPS) is 16.4. The first-order valence-electron chi connectivity index (χ1n) is 8.47. The molecule has 0 bridgehead atoms. The van der Waals surface area contributed by atoms with Crippen molar-refractivity contribution in [2.24, 2.45) is 4.99 Å². The number of aromatic carboxylic acids is 1. The second kappa shape index (κ2) is 8.10. The van der Waals surface area contributed by atoms with Gasteiger partial charge in [-0.25, -0.2) is 9.79 Å². The van der Waals surface area contributed by atoms with Crippen LogP contribution < -0.4 is 5.32 Å². The first kappa shape index (κ1) is 19.2. The standard InChI is InChI=1S/C21H13BrN2O4S/c22-14-5-1-12(2-6-14)17-10-9-16(28-17)11-18-19(25)24-21(29-18)23-15-7-3-13(4-8-15)20(26)27/h1-11H,(H,26,27)(H,23,24,25)/b18-11-. The molecule has 0 unspecified atom stereocenters. The van der Waals surface area contributed by atoms with Crippen molar-refractivity contribution in [2.75, 3.05) is 0 Å². The summed E-state index contributed by atoms with van der Waals surface area (Å²) in [5.74, 6) is 0.00390. The molecule has 0 saturated carbocycles. The molecule has 4 rings (SSSR count). The number of carboxylic acids is 1. The number of halogens is 1. The molecule has 1 fully saturated rings. The first-order valence-corrected chi connectivity index (χ1v) is 10.1. The second-order valence-corrected chi connectivity index (χ2v) is 7.99. The summed E-state index contributed by atoms with van der Waals surface area (Å²) < 4.78 is 6.81. The number of carbonyl (C=O) groups excluding carboxylic acids is 1. The lowest BCUT2D eigenvalue weighted by Gasteiger charge is -1.97. The van der Waals surface area contributed by atoms with E-state index in [9.17, 15) is 9.59 Å². The minimum Gasteiger partial charge on any atom is -0.478 e. The lowest BCUT2D eigenvalue weighted by molar-refractivity contribution is -0.115. The van der Waals surface area contributed by atoms with Crippen molar-refractivity contribution in [1.82, 2.24) is 5.32 Å². The van der Waals surface area contributed by atoms with Gasteiger partial charge in [-0.1, -0.05) is 28.1 Å². The van der Waals surface area contributed by atoms with Crippen LogP contribution in [0.1, 0.15) is 16.1 Å². The lowest BCUT2D eigenvalue weighted by Crippen LogP contribution is -2.19. The van der Waals surface area contributed by atoms with Crippen molar-refractivity contribution in [2.45, 2.75) is 0 Å². The van der Waals surface area contributed by atoms with Gasteiger partial charge in [0.15, 0.2) is 5.17 Å². The van der Waals surface area contributed by atoms with E-state index < -0.39 is 5.97 Å². The summed E-state index contributed by atoms with van der Waals surface area (Å²) in [4.78, 5) is 27.9. The molecule has 1 aromatic heterocycles. The zero-order valence-electron chi connectivity index (χ0n) is 14.8. The number of hydrogen-bond acceptors (Lipinski definition) is 5. The third-order valence-corrected chi connectivity index (χ3v) is 5.46. The number of hydrogen-bond donors (Lipinski definition) is 2. The van der Waals surface area contributed by atoms with Gasteiger partial charge >= 0.3 is 5.97 Å². The lowest BCUT2D eigenvalue weighted by atomic mass is 10.2. The first-order chi connectivity index (χ1) is 14.0. The van der Waals surface area contributed by atoms with Crippen molar-refractivity contribution < 1.29 is 19.1 Å². The van der Waals surface area contributed by atoms with E-state index in [0.717, 1.165) is 10.0 Å². The Kier molecular flexibility index (Phi) is 5.37. The molecule has 0 spiro atoms. The Balaban J connectivity index is 1.51. The Labute approximate surface area is 178 Å². The number of benzene rings is 2. The van der Waals surface area contributed by atoms with Gasteiger partial charge in [0, 0.05) is 16.1 Å². The van der Waals surface area contributed by atoms with Crippen LogP contribution in [0.2, 0.25) is 0 Å². The van der Waals surface area contributed by atoms with Gasteiger partial charge in [-0.15, -0.1) is 0 Å². The fraction of sp³-hybridized carbons (Fsp3) is 0. The molecule has 29 heavy (non-hydrogen) atoms. The Bertz CT molecular complexity index is 1150. The van der Waals surface area contributed by atoms with Crippen molar-refractivity contribution >= 4 is 56.5 Å². The van der Waals surface area contributed by atoms with Crippen molar-refractivity contribution in [3.63, 3.8) is 0 Å². The minimum atomic E-state index is -1.00. The number of nitrogens with one attached hydrogen (secondary N) is 1. The molecule has 0 aliphatic carbocycles. The number of amides is 1. The van der Waals surface area contributed by atoms with E-state index in [1.807, 2.05) is 30.3 Å². The molecule has 1 amide bonds. The van der Waals surface area contributed by atoms with Crippen LogP contribution in [-0.4, -0.2) is 22.2 Å². The number of nitrogens with zero attached hydrogens (tertiary/aromatic N) is 1. The highest BCUT2D eigenvalue weighted by molar-refractivity contribution is 9.10. The van der Waals surface area contributed by atoms with E-state index in [2.05, 4.69) is 26.2 Å². The highest BCUT2D eigenvalue weighted by Crippen LogP contribution is 2.30. The summed E-state index contributed by atoms with van der Waals surface area (Å²) in [6.07, 6.45) is 1.67. The molecule has 0 radical (unpaired) electrons. The van der Waals surface area contributed by atoms with E-state index in [-0.39, 0.29) is 11.5 Å². The second-order valence-electron chi connectivity index (χ2n) is 6.04. The van der Waals surface area contributed by atoms with Gasteiger partial charge in [-0.2, -0.15) is 0 Å². The topological polar surface area (TPSA) is 91.9 Å². The number of carbonyl (C=O) groups is 2. The summed E-state index contributed by atoms with van der Waals surface area (Å²) in [6.45, 7) is 0. The Hall–Kier alpha value is -3.10. The molecule has 2 N–H and O–H groups in total. The van der Waals surface area contributed by atoms with Crippen LogP contribution in [0, 0.1) is 0 Å². The predicted molar refractivity (Wildman–Crippen MR) is 116 cm³/mol. The van der Waals surface area contributed by atoms with Crippen LogP contribution >= 0.6 is 27.7 Å². The van der Waals surface area contributed by atoms with Gasteiger partial charge in [0.2, 0.25) is 0 Å². The maximum absolute atomic E-state index is 12.2. The molecule has 144 valence electrons. The summed E-state index contributed by atoms with van der Waals surface area (Å²) in [7, 11) is 0. The molecule has 2 heterocycles. The van der Waals surface area contributed by atoms with Crippen LogP contribution in [-0.2, 0) is 4.79 Å². The molecular weight excluding hydrogens is 456 g/mol. The van der Waals surface area contributed by atoms with Gasteiger partial charge in [-0.3, -0.25) is 4.79 Å². The molecule has 0 atom stereocenters. The summed E-state index contributed by atoms with van der Waals surface area (Å²) in [5.41, 5.74) is 1.67. The largest absolute Gasteiger partial charge is 0.478 e. The molecule has 1 aliphatic heterocycles. The maximum Gasteiger partial charge on any atom is 0.335 e. The van der Waals surface area contributed by atoms with Crippen LogP contribution in [0.5, 0.6) is 0 Å². The average molecular weight is 469 g/mol. The Morgan fingerprint density at radius 3 is 2.48 bits per heavy atom. The molecule has 8 heteroatoms. The predicted octanol–water partition coefficient (Wildman–Crippen LogP) is 5.30. The zero-order valence-corrected chi connectivity index (χ0v) is 17.2. The van der Waals surface area contributed by atoms with Gasteiger partial charge in [-0.05, 0) is 60.3 Å². The zero-order chi connectivity index (χ0) is 20.4. The van der Waals surface area contributed by atoms with E-state index >= 15 is 0 Å². The van der Waals surface area contributed by atoms with Crippen molar-refractivity contribution in [3.8, 4) is 11.3 Å². The van der Waals surface area contributed by atoms with Crippen LogP contribution in [0.25, 0.3) is 17.4 Å². The summed E-state index contributed by atoms with van der Waals surface area (Å²) >= 11 is 4.60. The van der Waals surface area contributed by atoms with Crippen molar-refractivity contribution in [1.29, 1.82) is 0 Å². The highest BCUT2D eigenvalue weighted by atomic mass is 79.9. The average Bonchev–Trinajstić information content (AvgIpc) is 3.30.